The molecule has 0 aromatic heterocycles. The zero-order chi connectivity index (χ0) is 34.8. The maximum absolute atomic E-state index is 11.3. The summed E-state index contributed by atoms with van der Waals surface area (Å²) in [6.45, 7) is -0.709. The number of ether oxygens (including phenoxy) is 2. The molecule has 254 valence electrons. The van der Waals surface area contributed by atoms with Crippen molar-refractivity contribution in [2.75, 3.05) is 13.2 Å². The largest absolute Gasteiger partial charge is 0.388 e. The summed E-state index contributed by atoms with van der Waals surface area (Å²) in [6, 6.07) is 58.1. The average Bonchev–Trinajstić information content (AvgIpc) is 3.20. The van der Waals surface area contributed by atoms with E-state index in [0.717, 1.165) is 33.4 Å². The molecule has 0 aliphatic heterocycles. The lowest BCUT2D eigenvalue weighted by atomic mass is 9.80. The molecule has 6 heteroatoms. The minimum Gasteiger partial charge on any atom is -0.388 e. The van der Waals surface area contributed by atoms with Crippen LogP contribution in [0.3, 0.4) is 0 Å². The predicted molar refractivity (Wildman–Crippen MR) is 194 cm³/mol. The molecule has 0 heterocycles. The molecule has 4 N–H and O–H groups in total. The van der Waals surface area contributed by atoms with Crippen LogP contribution in [0.4, 0.5) is 0 Å². The van der Waals surface area contributed by atoms with Crippen LogP contribution in [-0.4, -0.2) is 58.1 Å². The minimum absolute atomic E-state index is 0.355. The van der Waals surface area contributed by atoms with Gasteiger partial charge in [0.25, 0.3) is 0 Å². The first kappa shape index (κ1) is 34.9. The first-order chi connectivity index (χ1) is 24.5. The molecule has 50 heavy (non-hydrogen) atoms. The Kier molecular flexibility index (Phi) is 11.3. The Morgan fingerprint density at radius 3 is 0.680 bits per heavy atom. The molecule has 6 rings (SSSR count). The quantitative estimate of drug-likeness (QED) is 0.0942. The number of aliphatic hydroxyl groups is 4. The minimum atomic E-state index is -1.76. The smallest absolute Gasteiger partial charge is 0.143 e. The third kappa shape index (κ3) is 7.18. The molecule has 0 fully saturated rings. The van der Waals surface area contributed by atoms with Crippen molar-refractivity contribution in [3.8, 4) is 0 Å². The topological polar surface area (TPSA) is 99.4 Å². The molecule has 0 saturated heterocycles. The van der Waals surface area contributed by atoms with E-state index in [2.05, 4.69) is 0 Å². The van der Waals surface area contributed by atoms with Gasteiger partial charge in [-0.05, 0) is 33.4 Å². The number of benzene rings is 6. The molecular weight excluding hydrogens is 624 g/mol. The average molecular weight is 667 g/mol. The molecule has 6 aromatic rings. The van der Waals surface area contributed by atoms with Crippen molar-refractivity contribution in [3.05, 3.63) is 215 Å². The Labute approximate surface area is 293 Å². The van der Waals surface area contributed by atoms with Crippen molar-refractivity contribution in [2.45, 2.75) is 35.6 Å². The molecule has 0 aliphatic rings. The van der Waals surface area contributed by atoms with Gasteiger partial charge in [-0.2, -0.15) is 0 Å². The molecule has 0 spiro atoms. The Bertz CT molecular complexity index is 1520. The van der Waals surface area contributed by atoms with Crippen LogP contribution < -0.4 is 0 Å². The van der Waals surface area contributed by atoms with Crippen molar-refractivity contribution in [2.24, 2.45) is 0 Å². The lowest BCUT2D eigenvalue weighted by Gasteiger charge is -2.38. The van der Waals surface area contributed by atoms with Crippen LogP contribution in [-0.2, 0) is 20.7 Å². The summed E-state index contributed by atoms with van der Waals surface area (Å²) in [5.41, 5.74) is 2.67. The fourth-order valence-electron chi connectivity index (χ4n) is 6.61. The zero-order valence-electron chi connectivity index (χ0n) is 27.6. The van der Waals surface area contributed by atoms with E-state index >= 15 is 0 Å². The third-order valence-corrected chi connectivity index (χ3v) is 9.16. The molecule has 6 nitrogen and oxygen atoms in total. The maximum atomic E-state index is 11.3. The Morgan fingerprint density at radius 1 is 0.320 bits per heavy atom. The van der Waals surface area contributed by atoms with Gasteiger partial charge in [0, 0.05) is 0 Å². The van der Waals surface area contributed by atoms with Crippen molar-refractivity contribution < 1.29 is 29.9 Å². The molecule has 6 aromatic carbocycles. The maximum Gasteiger partial charge on any atom is 0.143 e. The van der Waals surface area contributed by atoms with Crippen LogP contribution >= 0.6 is 0 Å². The number of hydrogen-bond donors (Lipinski definition) is 4. The second-order valence-electron chi connectivity index (χ2n) is 12.3. The van der Waals surface area contributed by atoms with Gasteiger partial charge < -0.3 is 29.9 Å². The first-order valence-corrected chi connectivity index (χ1v) is 16.8. The molecule has 4 atom stereocenters. The van der Waals surface area contributed by atoms with E-state index in [1.54, 1.807) is 0 Å². The van der Waals surface area contributed by atoms with E-state index in [1.807, 2.05) is 182 Å². The SMILES string of the molecule is O[C@H]([C@H](O)[C@@H](O)COC(c1ccccc1)(c1ccccc1)c1ccccc1)[C@H](O)COC(c1ccccc1)(c1ccccc1)c1ccccc1. The van der Waals surface area contributed by atoms with Crippen LogP contribution in [0.25, 0.3) is 0 Å². The number of aliphatic hydroxyl groups excluding tert-OH is 4. The molecule has 0 aliphatic carbocycles. The molecule has 0 amide bonds. The van der Waals surface area contributed by atoms with Crippen molar-refractivity contribution in [3.63, 3.8) is 0 Å². The Balaban J connectivity index is 1.25. The molecule has 0 saturated carbocycles. The standard InChI is InChI=1S/C44H42O6/c45-39(31-49-43(33-19-7-1-8-20-33,34-21-9-2-10-22-34)35-23-11-3-12-24-35)41(47)42(48)40(46)32-50-44(36-25-13-4-14-26-36,37-27-15-5-16-28-37)38-29-17-6-18-30-38/h1-30,39-42,45-48H,31-32H2/t39-,40+,41+,42-. The normalized spacial score (nSPS) is 14.4. The number of hydrogen-bond acceptors (Lipinski definition) is 6. The Morgan fingerprint density at radius 2 is 0.500 bits per heavy atom. The second kappa shape index (κ2) is 16.2. The van der Waals surface area contributed by atoms with Crippen LogP contribution in [0.5, 0.6) is 0 Å². The van der Waals surface area contributed by atoms with Gasteiger partial charge in [0.2, 0.25) is 0 Å². The summed E-state index contributed by atoms with van der Waals surface area (Å²) >= 11 is 0. The van der Waals surface area contributed by atoms with Gasteiger partial charge in [0.05, 0.1) is 13.2 Å². The summed E-state index contributed by atoms with van der Waals surface area (Å²) in [5, 5.41) is 45.1. The fourth-order valence-corrected chi connectivity index (χ4v) is 6.61. The van der Waals surface area contributed by atoms with Gasteiger partial charge in [-0.15, -0.1) is 0 Å². The van der Waals surface area contributed by atoms with Gasteiger partial charge in [-0.3, -0.25) is 0 Å². The summed E-state index contributed by atoms with van der Waals surface area (Å²) in [6.07, 6.45) is -6.63. The number of rotatable bonds is 15. The van der Waals surface area contributed by atoms with Crippen molar-refractivity contribution >= 4 is 0 Å². The van der Waals surface area contributed by atoms with Crippen LogP contribution in [0.2, 0.25) is 0 Å². The molecule has 0 radical (unpaired) electrons. The van der Waals surface area contributed by atoms with Gasteiger partial charge in [-0.25, -0.2) is 0 Å². The van der Waals surface area contributed by atoms with Crippen LogP contribution in [0, 0.1) is 0 Å². The molecule has 0 bridgehead atoms. The lowest BCUT2D eigenvalue weighted by Crippen LogP contribution is -2.49. The summed E-state index contributed by atoms with van der Waals surface area (Å²) < 4.78 is 13.3. The van der Waals surface area contributed by atoms with Crippen molar-refractivity contribution in [1.82, 2.24) is 0 Å². The van der Waals surface area contributed by atoms with Gasteiger partial charge in [0.1, 0.15) is 35.6 Å². The second-order valence-corrected chi connectivity index (χ2v) is 12.3. The van der Waals surface area contributed by atoms with E-state index < -0.39 is 35.6 Å². The molecule has 0 unspecified atom stereocenters. The van der Waals surface area contributed by atoms with E-state index in [4.69, 9.17) is 9.47 Å². The predicted octanol–water partition coefficient (Wildman–Crippen LogP) is 6.45. The zero-order valence-corrected chi connectivity index (χ0v) is 27.6. The highest BCUT2D eigenvalue weighted by Gasteiger charge is 2.42. The third-order valence-electron chi connectivity index (χ3n) is 9.16. The fraction of sp³-hybridized carbons (Fsp3) is 0.182. The van der Waals surface area contributed by atoms with Gasteiger partial charge >= 0.3 is 0 Å². The van der Waals surface area contributed by atoms with Crippen LogP contribution in [0.1, 0.15) is 33.4 Å². The van der Waals surface area contributed by atoms with E-state index in [9.17, 15) is 20.4 Å². The summed E-state index contributed by atoms with van der Waals surface area (Å²) in [4.78, 5) is 0. The van der Waals surface area contributed by atoms with E-state index in [1.165, 1.54) is 0 Å². The van der Waals surface area contributed by atoms with Gasteiger partial charge in [0.15, 0.2) is 0 Å². The monoisotopic (exact) mass is 666 g/mol. The Hall–Kier alpha value is -4.92. The summed E-state index contributed by atoms with van der Waals surface area (Å²) in [7, 11) is 0. The van der Waals surface area contributed by atoms with Crippen molar-refractivity contribution in [1.29, 1.82) is 0 Å². The summed E-state index contributed by atoms with van der Waals surface area (Å²) in [5.74, 6) is 0. The lowest BCUT2D eigenvalue weighted by molar-refractivity contribution is -0.151. The van der Waals surface area contributed by atoms with Crippen LogP contribution in [0.15, 0.2) is 182 Å². The highest BCUT2D eigenvalue weighted by atomic mass is 16.5. The highest BCUT2D eigenvalue weighted by molar-refractivity contribution is 5.49. The van der Waals surface area contributed by atoms with E-state index in [-0.39, 0.29) is 13.2 Å². The first-order valence-electron chi connectivity index (χ1n) is 16.8. The molecular formula is C44H42O6. The van der Waals surface area contributed by atoms with E-state index in [0.29, 0.717) is 0 Å². The van der Waals surface area contributed by atoms with Gasteiger partial charge in [-0.1, -0.05) is 182 Å². The highest BCUT2D eigenvalue weighted by Crippen LogP contribution is 2.42.